The summed E-state index contributed by atoms with van der Waals surface area (Å²) >= 11 is 3.44. The Balaban J connectivity index is 2.09. The maximum Gasteiger partial charge on any atom is 0.203 e. The van der Waals surface area contributed by atoms with Gasteiger partial charge in [0.2, 0.25) is 5.79 Å². The highest BCUT2D eigenvalue weighted by molar-refractivity contribution is 9.10. The predicted molar refractivity (Wildman–Crippen MR) is 65.6 cm³/mol. The van der Waals surface area contributed by atoms with E-state index in [1.165, 1.54) is 5.56 Å². The molecule has 0 radical (unpaired) electrons. The van der Waals surface area contributed by atoms with E-state index < -0.39 is 5.79 Å². The van der Waals surface area contributed by atoms with Gasteiger partial charge in [-0.1, -0.05) is 0 Å². The Kier molecular flexibility index (Phi) is 3.19. The van der Waals surface area contributed by atoms with Crippen molar-refractivity contribution in [3.05, 3.63) is 22.3 Å². The van der Waals surface area contributed by atoms with Gasteiger partial charge in [-0.2, -0.15) is 0 Å². The Morgan fingerprint density at radius 2 is 2.00 bits per heavy atom. The number of hydrogen-bond donors (Lipinski definition) is 0. The van der Waals surface area contributed by atoms with Crippen LogP contribution in [0.3, 0.4) is 0 Å². The summed E-state index contributed by atoms with van der Waals surface area (Å²) < 4.78 is 11.7. The minimum Gasteiger partial charge on any atom is -0.350 e. The number of hydrogen-bond acceptors (Lipinski definition) is 4. The first-order valence-corrected chi connectivity index (χ1v) is 5.87. The van der Waals surface area contributed by atoms with E-state index in [4.69, 9.17) is 9.47 Å². The van der Waals surface area contributed by atoms with Crippen molar-refractivity contribution in [1.82, 2.24) is 4.98 Å². The van der Waals surface area contributed by atoms with Crippen LogP contribution in [0.4, 0.5) is 5.82 Å². The Morgan fingerprint density at radius 1 is 1.38 bits per heavy atom. The molecule has 4 nitrogen and oxygen atoms in total. The predicted octanol–water partition coefficient (Wildman–Crippen LogP) is 1.96. The summed E-state index contributed by atoms with van der Waals surface area (Å²) in [6, 6.07) is 2.05. The van der Waals surface area contributed by atoms with Crippen LogP contribution in [0.5, 0.6) is 0 Å². The molecule has 0 aliphatic carbocycles. The highest BCUT2D eigenvalue weighted by atomic mass is 79.9. The van der Waals surface area contributed by atoms with Crippen LogP contribution in [0.25, 0.3) is 0 Å². The Bertz CT molecular complexity index is 386. The molecule has 1 saturated heterocycles. The molecule has 0 amide bonds. The van der Waals surface area contributed by atoms with Gasteiger partial charge in [0.15, 0.2) is 0 Å². The van der Waals surface area contributed by atoms with Crippen molar-refractivity contribution in [1.29, 1.82) is 0 Å². The van der Waals surface area contributed by atoms with Crippen molar-refractivity contribution in [2.24, 2.45) is 0 Å². The number of anilines is 1. The molecule has 2 rings (SSSR count). The molecule has 0 spiro atoms. The second-order valence-corrected chi connectivity index (χ2v) is 4.82. The number of nitrogens with zero attached hydrogens (tertiary/aromatic N) is 2. The minimum absolute atomic E-state index is 0.456. The molecule has 0 N–H and O–H groups in total. The highest BCUT2D eigenvalue weighted by Gasteiger charge is 2.44. The molecule has 0 unspecified atom stereocenters. The number of halogens is 1. The number of aromatic nitrogens is 1. The molecule has 1 aromatic rings. The topological polar surface area (TPSA) is 34.6 Å². The zero-order valence-electron chi connectivity index (χ0n) is 9.66. The van der Waals surface area contributed by atoms with Crippen molar-refractivity contribution in [2.45, 2.75) is 12.7 Å². The largest absolute Gasteiger partial charge is 0.350 e. The SMILES string of the molecule is COC1(OC)CN(c2cc(C)c(Br)cn2)C1. The quantitative estimate of drug-likeness (QED) is 0.796. The Labute approximate surface area is 104 Å². The van der Waals surface area contributed by atoms with Gasteiger partial charge in [-0.3, -0.25) is 0 Å². The van der Waals surface area contributed by atoms with Gasteiger partial charge in [0.05, 0.1) is 13.1 Å². The molecule has 0 atom stereocenters. The van der Waals surface area contributed by atoms with Crippen molar-refractivity contribution in [3.8, 4) is 0 Å². The normalized spacial score (nSPS) is 18.4. The fraction of sp³-hybridized carbons (Fsp3) is 0.545. The first-order chi connectivity index (χ1) is 7.60. The maximum absolute atomic E-state index is 5.33. The standard InChI is InChI=1S/C11H15BrN2O2/c1-8-4-10(13-5-9(8)12)14-6-11(7-14,15-2)16-3/h4-5H,6-7H2,1-3H3. The van der Waals surface area contributed by atoms with E-state index in [1.54, 1.807) is 14.2 Å². The molecular formula is C11H15BrN2O2. The summed E-state index contributed by atoms with van der Waals surface area (Å²) in [4.78, 5) is 6.49. The van der Waals surface area contributed by atoms with Gasteiger partial charge >= 0.3 is 0 Å². The second-order valence-electron chi connectivity index (χ2n) is 3.97. The van der Waals surface area contributed by atoms with E-state index in [9.17, 15) is 0 Å². The number of ether oxygens (including phenoxy) is 2. The van der Waals surface area contributed by atoms with Crippen molar-refractivity contribution in [3.63, 3.8) is 0 Å². The van der Waals surface area contributed by atoms with Gasteiger partial charge in [0.1, 0.15) is 5.82 Å². The number of aryl methyl sites for hydroxylation is 1. The smallest absolute Gasteiger partial charge is 0.203 e. The van der Waals surface area contributed by atoms with Crippen molar-refractivity contribution < 1.29 is 9.47 Å². The Hall–Kier alpha value is -0.650. The number of rotatable bonds is 3. The lowest BCUT2D eigenvalue weighted by molar-refractivity contribution is -0.219. The van der Waals surface area contributed by atoms with Crippen LogP contribution in [0.2, 0.25) is 0 Å². The summed E-state index contributed by atoms with van der Waals surface area (Å²) in [5.41, 5.74) is 1.18. The molecule has 1 aliphatic heterocycles. The fourth-order valence-corrected chi connectivity index (χ4v) is 1.95. The van der Waals surface area contributed by atoms with E-state index in [-0.39, 0.29) is 0 Å². The van der Waals surface area contributed by atoms with Crippen LogP contribution < -0.4 is 4.90 Å². The summed E-state index contributed by atoms with van der Waals surface area (Å²) in [7, 11) is 3.34. The molecular weight excluding hydrogens is 272 g/mol. The van der Waals surface area contributed by atoms with Gasteiger partial charge in [-0.05, 0) is 34.5 Å². The van der Waals surface area contributed by atoms with Crippen LogP contribution in [0.1, 0.15) is 5.56 Å². The molecule has 5 heteroatoms. The van der Waals surface area contributed by atoms with E-state index in [0.717, 1.165) is 10.3 Å². The van der Waals surface area contributed by atoms with E-state index in [0.29, 0.717) is 13.1 Å². The van der Waals surface area contributed by atoms with Crippen LogP contribution in [-0.4, -0.2) is 38.1 Å². The van der Waals surface area contributed by atoms with Gasteiger partial charge < -0.3 is 14.4 Å². The molecule has 0 aromatic carbocycles. The average molecular weight is 287 g/mol. The van der Waals surface area contributed by atoms with Crippen molar-refractivity contribution in [2.75, 3.05) is 32.2 Å². The highest BCUT2D eigenvalue weighted by Crippen LogP contribution is 2.30. The summed E-state index contributed by atoms with van der Waals surface area (Å²) in [5.74, 6) is 0.508. The molecule has 2 heterocycles. The summed E-state index contributed by atoms with van der Waals surface area (Å²) in [5, 5.41) is 0. The zero-order chi connectivity index (χ0) is 11.8. The molecule has 1 aliphatic rings. The molecule has 1 fully saturated rings. The fourth-order valence-electron chi connectivity index (χ4n) is 1.74. The van der Waals surface area contributed by atoms with E-state index in [2.05, 4.69) is 38.8 Å². The molecule has 16 heavy (non-hydrogen) atoms. The molecule has 0 bridgehead atoms. The number of pyridine rings is 1. The van der Waals surface area contributed by atoms with E-state index in [1.807, 2.05) is 6.20 Å². The first-order valence-electron chi connectivity index (χ1n) is 5.07. The van der Waals surface area contributed by atoms with Gasteiger partial charge in [-0.15, -0.1) is 0 Å². The van der Waals surface area contributed by atoms with Gasteiger partial charge in [-0.25, -0.2) is 4.98 Å². The zero-order valence-corrected chi connectivity index (χ0v) is 11.2. The lowest BCUT2D eigenvalue weighted by Crippen LogP contribution is -2.64. The molecule has 0 saturated carbocycles. The molecule has 1 aromatic heterocycles. The summed E-state index contributed by atoms with van der Waals surface area (Å²) in [6.07, 6.45) is 1.82. The van der Waals surface area contributed by atoms with Crippen LogP contribution in [0.15, 0.2) is 16.7 Å². The monoisotopic (exact) mass is 286 g/mol. The van der Waals surface area contributed by atoms with Crippen LogP contribution >= 0.6 is 15.9 Å². The lowest BCUT2D eigenvalue weighted by Gasteiger charge is -2.48. The number of methoxy groups -OCH3 is 2. The van der Waals surface area contributed by atoms with Crippen LogP contribution in [0, 0.1) is 6.92 Å². The lowest BCUT2D eigenvalue weighted by atomic mass is 10.1. The third-order valence-electron chi connectivity index (χ3n) is 2.96. The maximum atomic E-state index is 5.33. The van der Waals surface area contributed by atoms with Crippen molar-refractivity contribution >= 4 is 21.7 Å². The van der Waals surface area contributed by atoms with Gasteiger partial charge in [0, 0.05) is 24.9 Å². The third-order valence-corrected chi connectivity index (χ3v) is 3.79. The van der Waals surface area contributed by atoms with Gasteiger partial charge in [0.25, 0.3) is 0 Å². The van der Waals surface area contributed by atoms with Crippen LogP contribution in [-0.2, 0) is 9.47 Å². The minimum atomic E-state index is -0.456. The molecule has 88 valence electrons. The third kappa shape index (κ3) is 1.95. The average Bonchev–Trinajstić information content (AvgIpc) is 2.23. The van der Waals surface area contributed by atoms with E-state index >= 15 is 0 Å². The summed E-state index contributed by atoms with van der Waals surface area (Å²) in [6.45, 7) is 3.48. The second kappa shape index (κ2) is 4.31. The Morgan fingerprint density at radius 3 is 2.50 bits per heavy atom. The first kappa shape index (κ1) is 11.8.